The number of hydrogen-bond acceptors (Lipinski definition) is 3. The van der Waals surface area contributed by atoms with Gasteiger partial charge in [0.05, 0.1) is 12.2 Å². The Hall–Kier alpha value is -2.69. The maximum atomic E-state index is 12.3. The molecule has 0 spiro atoms. The van der Waals surface area contributed by atoms with Gasteiger partial charge in [0.1, 0.15) is 0 Å². The number of ether oxygens (including phenoxy) is 1. The average Bonchev–Trinajstić information content (AvgIpc) is 3.14. The van der Waals surface area contributed by atoms with Gasteiger partial charge in [-0.3, -0.25) is 4.79 Å². The van der Waals surface area contributed by atoms with Crippen molar-refractivity contribution in [3.63, 3.8) is 0 Å². The largest absolute Gasteiger partial charge is 0.466 e. The normalized spacial score (nSPS) is 22.2. The zero-order valence-corrected chi connectivity index (χ0v) is 19.3. The molecule has 1 saturated heterocycles. The fourth-order valence-electron chi connectivity index (χ4n) is 5.02. The Morgan fingerprint density at radius 3 is 1.97 bits per heavy atom. The average molecular weight is 431 g/mol. The Labute approximate surface area is 186 Å². The zero-order chi connectivity index (χ0) is 21.7. The van der Waals surface area contributed by atoms with Crippen molar-refractivity contribution in [2.75, 3.05) is 6.61 Å². The van der Waals surface area contributed by atoms with Crippen molar-refractivity contribution in [3.05, 3.63) is 96.6 Å². The van der Waals surface area contributed by atoms with Crippen LogP contribution in [0.2, 0.25) is 5.54 Å². The third-order valence-electron chi connectivity index (χ3n) is 6.39. The first-order valence-electron chi connectivity index (χ1n) is 11.1. The summed E-state index contributed by atoms with van der Waals surface area (Å²) in [6, 6.07) is 31.8. The van der Waals surface area contributed by atoms with Crippen molar-refractivity contribution in [1.82, 2.24) is 0 Å². The molecule has 4 rings (SSSR count). The molecule has 0 unspecified atom stereocenters. The Morgan fingerprint density at radius 1 is 0.935 bits per heavy atom. The topological polar surface area (TPSA) is 35.5 Å². The van der Waals surface area contributed by atoms with E-state index in [9.17, 15) is 4.79 Å². The maximum absolute atomic E-state index is 12.3. The van der Waals surface area contributed by atoms with Gasteiger partial charge in [-0.05, 0) is 48.2 Å². The molecule has 0 radical (unpaired) electrons. The molecule has 0 aromatic heterocycles. The van der Waals surface area contributed by atoms with E-state index in [1.54, 1.807) is 0 Å². The molecule has 0 bridgehead atoms. The van der Waals surface area contributed by atoms with E-state index in [1.807, 2.05) is 13.0 Å². The van der Waals surface area contributed by atoms with Gasteiger partial charge in [0.25, 0.3) is 8.32 Å². The fourth-order valence-corrected chi connectivity index (χ4v) is 10.2. The van der Waals surface area contributed by atoms with E-state index in [0.29, 0.717) is 13.0 Å². The highest BCUT2D eigenvalue weighted by atomic mass is 28.4. The lowest BCUT2D eigenvalue weighted by Gasteiger charge is -2.35. The van der Waals surface area contributed by atoms with Gasteiger partial charge in [0.2, 0.25) is 0 Å². The van der Waals surface area contributed by atoms with E-state index in [2.05, 4.69) is 91.9 Å². The molecule has 1 heterocycles. The fraction of sp³-hybridized carbons (Fsp3) is 0.296. The molecule has 3 aromatic rings. The minimum atomic E-state index is -2.63. The van der Waals surface area contributed by atoms with Crippen LogP contribution in [0, 0.1) is 0 Å². The standard InChI is InChI=1S/C27H30O3Si/c1-3-29-26(28)20-19-25-21-27(2,22-13-7-4-8-14-22)30-31(25,23-15-9-5-10-16-23)24-17-11-6-12-18-24/h4-18,25H,3,19-21H2,1-2H3/t25-,27-/m1/s1. The molecule has 31 heavy (non-hydrogen) atoms. The van der Waals surface area contributed by atoms with E-state index < -0.39 is 13.9 Å². The molecule has 3 nitrogen and oxygen atoms in total. The van der Waals surface area contributed by atoms with E-state index >= 15 is 0 Å². The van der Waals surface area contributed by atoms with Gasteiger partial charge in [-0.1, -0.05) is 91.0 Å². The maximum Gasteiger partial charge on any atom is 0.305 e. The molecule has 0 saturated carbocycles. The van der Waals surface area contributed by atoms with Crippen LogP contribution in [-0.2, 0) is 19.6 Å². The van der Waals surface area contributed by atoms with E-state index in [-0.39, 0.29) is 11.5 Å². The first kappa shape index (κ1) is 21.5. The lowest BCUT2D eigenvalue weighted by atomic mass is 9.90. The number of carbonyl (C=O) groups is 1. The van der Waals surface area contributed by atoms with Crippen LogP contribution in [0.5, 0.6) is 0 Å². The summed E-state index contributed by atoms with van der Waals surface area (Å²) in [5.41, 5.74) is 1.04. The van der Waals surface area contributed by atoms with Crippen molar-refractivity contribution in [2.45, 2.75) is 44.3 Å². The molecule has 0 N–H and O–H groups in total. The van der Waals surface area contributed by atoms with Crippen LogP contribution in [0.25, 0.3) is 0 Å². The number of carbonyl (C=O) groups excluding carboxylic acids is 1. The predicted molar refractivity (Wildman–Crippen MR) is 127 cm³/mol. The molecule has 2 atom stereocenters. The minimum absolute atomic E-state index is 0.125. The Balaban J connectivity index is 1.83. The predicted octanol–water partition coefficient (Wildman–Crippen LogP) is 4.80. The second-order valence-electron chi connectivity index (χ2n) is 8.41. The van der Waals surface area contributed by atoms with Crippen LogP contribution in [0.1, 0.15) is 38.7 Å². The summed E-state index contributed by atoms with van der Waals surface area (Å²) in [6.07, 6.45) is 2.06. The van der Waals surface area contributed by atoms with Crippen LogP contribution >= 0.6 is 0 Å². The molecule has 0 aliphatic carbocycles. The van der Waals surface area contributed by atoms with E-state index in [0.717, 1.165) is 12.8 Å². The lowest BCUT2D eigenvalue weighted by molar-refractivity contribution is -0.143. The van der Waals surface area contributed by atoms with Gasteiger partial charge in [0.15, 0.2) is 0 Å². The summed E-state index contributed by atoms with van der Waals surface area (Å²) in [5, 5.41) is 2.52. The van der Waals surface area contributed by atoms with Gasteiger partial charge < -0.3 is 9.16 Å². The van der Waals surface area contributed by atoms with E-state index in [4.69, 9.17) is 9.16 Å². The van der Waals surface area contributed by atoms with Crippen molar-refractivity contribution in [3.8, 4) is 0 Å². The van der Waals surface area contributed by atoms with Crippen LogP contribution in [0.3, 0.4) is 0 Å². The SMILES string of the molecule is CCOC(=O)CC[C@@H]1C[C@](C)(c2ccccc2)O[Si]1(c1ccccc1)c1ccccc1. The summed E-state index contributed by atoms with van der Waals surface area (Å²) in [4.78, 5) is 12.3. The van der Waals surface area contributed by atoms with E-state index in [1.165, 1.54) is 15.9 Å². The smallest absolute Gasteiger partial charge is 0.305 e. The van der Waals surface area contributed by atoms with Crippen molar-refractivity contribution in [1.29, 1.82) is 0 Å². The molecular weight excluding hydrogens is 400 g/mol. The Bertz CT molecular complexity index is 951. The van der Waals surface area contributed by atoms with Crippen molar-refractivity contribution < 1.29 is 14.0 Å². The van der Waals surface area contributed by atoms with Gasteiger partial charge in [-0.25, -0.2) is 0 Å². The van der Waals surface area contributed by atoms with Gasteiger partial charge in [0, 0.05) is 6.42 Å². The summed E-state index contributed by atoms with van der Waals surface area (Å²) >= 11 is 0. The third kappa shape index (κ3) is 4.23. The van der Waals surface area contributed by atoms with Gasteiger partial charge in [-0.15, -0.1) is 0 Å². The Kier molecular flexibility index (Phi) is 6.40. The monoisotopic (exact) mass is 430 g/mol. The second-order valence-corrected chi connectivity index (χ2v) is 12.1. The summed E-state index contributed by atoms with van der Waals surface area (Å²) in [6.45, 7) is 4.48. The molecule has 0 amide bonds. The number of rotatable bonds is 7. The molecular formula is C27H30O3Si. The van der Waals surface area contributed by atoms with Gasteiger partial charge >= 0.3 is 5.97 Å². The highest BCUT2D eigenvalue weighted by Crippen LogP contribution is 2.50. The summed E-state index contributed by atoms with van der Waals surface area (Å²) in [5.74, 6) is -0.125. The molecule has 3 aromatic carbocycles. The molecule has 1 aliphatic rings. The quantitative estimate of drug-likeness (QED) is 0.399. The highest BCUT2D eigenvalue weighted by molar-refractivity contribution is 6.99. The highest BCUT2D eigenvalue weighted by Gasteiger charge is 2.58. The first-order chi connectivity index (χ1) is 15.1. The molecule has 4 heteroatoms. The second kappa shape index (κ2) is 9.21. The van der Waals surface area contributed by atoms with Crippen molar-refractivity contribution in [2.24, 2.45) is 0 Å². The summed E-state index contributed by atoms with van der Waals surface area (Å²) in [7, 11) is -2.63. The first-order valence-corrected chi connectivity index (χ1v) is 13.1. The third-order valence-corrected chi connectivity index (χ3v) is 11.2. The Morgan fingerprint density at radius 2 is 1.45 bits per heavy atom. The molecule has 160 valence electrons. The number of hydrogen-bond donors (Lipinski definition) is 0. The van der Waals surface area contributed by atoms with Crippen molar-refractivity contribution >= 4 is 24.7 Å². The van der Waals surface area contributed by atoms with Crippen LogP contribution in [-0.4, -0.2) is 20.9 Å². The van der Waals surface area contributed by atoms with Crippen LogP contribution < -0.4 is 10.4 Å². The van der Waals surface area contributed by atoms with Gasteiger partial charge in [-0.2, -0.15) is 0 Å². The molecule has 1 fully saturated rings. The zero-order valence-electron chi connectivity index (χ0n) is 18.3. The minimum Gasteiger partial charge on any atom is -0.466 e. The number of benzene rings is 3. The molecule has 1 aliphatic heterocycles. The summed E-state index contributed by atoms with van der Waals surface area (Å²) < 4.78 is 12.5. The number of esters is 1. The van der Waals surface area contributed by atoms with Crippen LogP contribution in [0.4, 0.5) is 0 Å². The lowest BCUT2D eigenvalue weighted by Crippen LogP contribution is -2.62. The van der Waals surface area contributed by atoms with Crippen LogP contribution in [0.15, 0.2) is 91.0 Å².